The summed E-state index contributed by atoms with van der Waals surface area (Å²) in [5.41, 5.74) is 3.80. The van der Waals surface area contributed by atoms with Gasteiger partial charge >= 0.3 is 5.89 Å². The minimum atomic E-state index is -0.407. The summed E-state index contributed by atoms with van der Waals surface area (Å²) >= 11 is 1.69. The molecule has 4 rings (SSSR count). The van der Waals surface area contributed by atoms with Crippen molar-refractivity contribution in [2.24, 2.45) is 0 Å². The van der Waals surface area contributed by atoms with Gasteiger partial charge in [0.25, 0.3) is 11.2 Å². The van der Waals surface area contributed by atoms with Gasteiger partial charge in [0.15, 0.2) is 0 Å². The molecule has 0 fully saturated rings. The molecule has 1 aliphatic rings. The van der Waals surface area contributed by atoms with Crippen LogP contribution in [-0.2, 0) is 6.54 Å². The summed E-state index contributed by atoms with van der Waals surface area (Å²) in [4.78, 5) is 14.0. The van der Waals surface area contributed by atoms with Gasteiger partial charge in [-0.2, -0.15) is 4.57 Å². The van der Waals surface area contributed by atoms with E-state index in [1.165, 1.54) is 28.3 Å². The van der Waals surface area contributed by atoms with Crippen molar-refractivity contribution >= 4 is 40.3 Å². The number of benzene rings is 2. The summed E-state index contributed by atoms with van der Waals surface area (Å²) < 4.78 is 7.98. The molecule has 2 heterocycles. The zero-order chi connectivity index (χ0) is 18.4. The van der Waals surface area contributed by atoms with Crippen molar-refractivity contribution in [1.82, 2.24) is 0 Å². The molecule has 1 aliphatic heterocycles. The number of nitrogens with zero attached hydrogens (tertiary/aromatic N) is 3. The third-order valence-corrected chi connectivity index (χ3v) is 5.68. The minimum absolute atomic E-state index is 0.0314. The van der Waals surface area contributed by atoms with E-state index >= 15 is 0 Å². The van der Waals surface area contributed by atoms with Crippen LogP contribution in [0.15, 0.2) is 50.7 Å². The van der Waals surface area contributed by atoms with Gasteiger partial charge in [0.1, 0.15) is 6.54 Å². The number of aryl methyl sites for hydroxylation is 2. The first-order valence-corrected chi connectivity index (χ1v) is 9.14. The number of aromatic nitrogens is 1. The standard InChI is InChI=1S/C19H18N3O3S/c1-4-21-14-7-6-13(22(23)24)10-16(14)25-18(21)11-19-20(3)15-9-12(2)5-8-17(15)26-19/h5-11H,4H2,1-3H3/q+1. The van der Waals surface area contributed by atoms with Crippen molar-refractivity contribution in [2.45, 2.75) is 25.3 Å². The van der Waals surface area contributed by atoms with Crippen LogP contribution in [0.25, 0.3) is 17.2 Å². The maximum absolute atomic E-state index is 11.0. The molecule has 0 amide bonds. The minimum Gasteiger partial charge on any atom is -0.398 e. The normalized spacial score (nSPS) is 15.0. The molecule has 132 valence electrons. The number of thioether (sulfide) groups is 1. The number of hydrogen-bond acceptors (Lipinski definition) is 5. The number of rotatable bonds is 3. The Kier molecular flexibility index (Phi) is 3.96. The Morgan fingerprint density at radius 2 is 2.12 bits per heavy atom. The number of nitro benzene ring substituents is 1. The Morgan fingerprint density at radius 1 is 1.31 bits per heavy atom. The first-order valence-electron chi connectivity index (χ1n) is 8.32. The number of hydrogen-bond donors (Lipinski definition) is 0. The molecule has 0 atom stereocenters. The number of fused-ring (bicyclic) bond motifs is 2. The van der Waals surface area contributed by atoms with Crippen LogP contribution in [0.1, 0.15) is 18.4 Å². The number of oxazole rings is 1. The van der Waals surface area contributed by atoms with Crippen LogP contribution in [0.5, 0.6) is 0 Å². The van der Waals surface area contributed by atoms with Gasteiger partial charge < -0.3 is 9.32 Å². The van der Waals surface area contributed by atoms with E-state index in [9.17, 15) is 10.1 Å². The quantitative estimate of drug-likeness (QED) is 0.387. The molecule has 7 heteroatoms. The molecular formula is C19H18N3O3S+. The molecule has 3 aromatic rings. The first-order chi connectivity index (χ1) is 12.5. The average molecular weight is 368 g/mol. The molecule has 0 N–H and O–H groups in total. The molecule has 0 bridgehead atoms. The second-order valence-electron chi connectivity index (χ2n) is 6.21. The van der Waals surface area contributed by atoms with Gasteiger partial charge in [-0.15, -0.1) is 0 Å². The van der Waals surface area contributed by atoms with Gasteiger partial charge in [0.05, 0.1) is 27.8 Å². The summed E-state index contributed by atoms with van der Waals surface area (Å²) in [6.07, 6.45) is 2.00. The molecular weight excluding hydrogens is 350 g/mol. The highest BCUT2D eigenvalue weighted by molar-refractivity contribution is 8.03. The Morgan fingerprint density at radius 3 is 2.85 bits per heavy atom. The topological polar surface area (TPSA) is 63.4 Å². The fraction of sp³-hybridized carbons (Fsp3) is 0.211. The Hall–Kier alpha value is -2.80. The lowest BCUT2D eigenvalue weighted by molar-refractivity contribution is -0.674. The van der Waals surface area contributed by atoms with E-state index in [4.69, 9.17) is 4.42 Å². The zero-order valence-corrected chi connectivity index (χ0v) is 15.5. The molecule has 0 radical (unpaired) electrons. The molecule has 1 aromatic heterocycles. The van der Waals surface area contributed by atoms with Gasteiger partial charge in [-0.25, -0.2) is 0 Å². The molecule has 0 spiro atoms. The predicted molar refractivity (Wildman–Crippen MR) is 102 cm³/mol. The Balaban J connectivity index is 1.80. The molecule has 0 saturated heterocycles. The van der Waals surface area contributed by atoms with Gasteiger partial charge in [-0.3, -0.25) is 10.1 Å². The SMILES string of the molecule is CC[n+]1c(C=C2Sc3ccc(C)cc3N2C)oc2cc([N+](=O)[O-])ccc21. The largest absolute Gasteiger partial charge is 0.398 e. The van der Waals surface area contributed by atoms with Crippen LogP contribution in [0.4, 0.5) is 11.4 Å². The van der Waals surface area contributed by atoms with Gasteiger partial charge in [-0.1, -0.05) is 17.8 Å². The van der Waals surface area contributed by atoms with Gasteiger partial charge in [0.2, 0.25) is 5.58 Å². The van der Waals surface area contributed by atoms with Crippen LogP contribution in [0.2, 0.25) is 0 Å². The van der Waals surface area contributed by atoms with Crippen molar-refractivity contribution in [2.75, 3.05) is 11.9 Å². The fourth-order valence-electron chi connectivity index (χ4n) is 3.15. The molecule has 2 aromatic carbocycles. The van der Waals surface area contributed by atoms with E-state index in [2.05, 4.69) is 30.0 Å². The summed E-state index contributed by atoms with van der Waals surface area (Å²) in [6.45, 7) is 4.82. The Bertz CT molecular complexity index is 1070. The van der Waals surface area contributed by atoms with Crippen molar-refractivity contribution < 1.29 is 13.9 Å². The maximum Gasteiger partial charge on any atom is 0.376 e. The first kappa shape index (κ1) is 16.7. The molecule has 0 aliphatic carbocycles. The van der Waals surface area contributed by atoms with E-state index in [-0.39, 0.29) is 5.69 Å². The Labute approximate surface area is 154 Å². The van der Waals surface area contributed by atoms with Crippen molar-refractivity contribution in [3.05, 3.63) is 63.0 Å². The molecule has 0 saturated carbocycles. The summed E-state index contributed by atoms with van der Waals surface area (Å²) in [5, 5.41) is 12.1. The van der Waals surface area contributed by atoms with Crippen LogP contribution in [0.3, 0.4) is 0 Å². The second kappa shape index (κ2) is 6.17. The van der Waals surface area contributed by atoms with E-state index in [0.717, 1.165) is 10.5 Å². The number of anilines is 1. The highest BCUT2D eigenvalue weighted by Gasteiger charge is 2.27. The molecule has 6 nitrogen and oxygen atoms in total. The smallest absolute Gasteiger partial charge is 0.376 e. The van der Waals surface area contributed by atoms with E-state index in [1.54, 1.807) is 17.8 Å². The number of nitro groups is 1. The fourth-order valence-corrected chi connectivity index (χ4v) is 4.21. The molecule has 0 unspecified atom stereocenters. The second-order valence-corrected chi connectivity index (χ2v) is 7.27. The maximum atomic E-state index is 11.0. The molecule has 26 heavy (non-hydrogen) atoms. The van der Waals surface area contributed by atoms with Crippen molar-refractivity contribution in [1.29, 1.82) is 0 Å². The van der Waals surface area contributed by atoms with Crippen LogP contribution in [-0.4, -0.2) is 12.0 Å². The summed E-state index contributed by atoms with van der Waals surface area (Å²) in [6, 6.07) is 11.1. The lowest BCUT2D eigenvalue weighted by Crippen LogP contribution is -2.33. The zero-order valence-electron chi connectivity index (χ0n) is 14.7. The monoisotopic (exact) mass is 368 g/mol. The van der Waals surface area contributed by atoms with Crippen LogP contribution in [0, 0.1) is 17.0 Å². The third kappa shape index (κ3) is 2.64. The lowest BCUT2D eigenvalue weighted by atomic mass is 10.2. The van der Waals surface area contributed by atoms with Gasteiger partial charge in [0, 0.05) is 24.1 Å². The van der Waals surface area contributed by atoms with Gasteiger partial charge in [-0.05, 0) is 31.5 Å². The van der Waals surface area contributed by atoms with Crippen LogP contribution >= 0.6 is 11.8 Å². The highest BCUT2D eigenvalue weighted by atomic mass is 32.2. The summed E-state index contributed by atoms with van der Waals surface area (Å²) in [7, 11) is 2.04. The van der Waals surface area contributed by atoms with E-state index < -0.39 is 4.92 Å². The average Bonchev–Trinajstić information content (AvgIpc) is 3.12. The highest BCUT2D eigenvalue weighted by Crippen LogP contribution is 2.45. The van der Waals surface area contributed by atoms with Crippen LogP contribution < -0.4 is 9.47 Å². The number of non-ortho nitro benzene ring substituents is 1. The van der Waals surface area contributed by atoms with Crippen molar-refractivity contribution in [3.8, 4) is 0 Å². The summed E-state index contributed by atoms with van der Waals surface area (Å²) in [5.74, 6) is 0.682. The third-order valence-electron chi connectivity index (χ3n) is 4.51. The van der Waals surface area contributed by atoms with E-state index in [1.807, 2.05) is 24.6 Å². The van der Waals surface area contributed by atoms with E-state index in [0.29, 0.717) is 18.0 Å². The predicted octanol–water partition coefficient (Wildman–Crippen LogP) is 4.50. The lowest BCUT2D eigenvalue weighted by Gasteiger charge is -2.12. The van der Waals surface area contributed by atoms with Crippen molar-refractivity contribution in [3.63, 3.8) is 0 Å².